The number of benzene rings is 3. The molecule has 1 N–H and O–H groups in total. The SMILES string of the molecule is Cc1cccc([C@H](NS(=O)(=O)c2ccc3c(c2)sc(=O)n3C(C)C)c2ccccc2)c1. The maximum Gasteiger partial charge on any atom is 0.308 e. The van der Waals surface area contributed by atoms with Crippen molar-refractivity contribution in [3.05, 3.63) is 99.2 Å². The topological polar surface area (TPSA) is 68.2 Å². The van der Waals surface area contributed by atoms with Crippen LogP contribution in [-0.2, 0) is 10.0 Å². The summed E-state index contributed by atoms with van der Waals surface area (Å²) in [5, 5.41) is 0. The van der Waals surface area contributed by atoms with Crippen molar-refractivity contribution in [1.29, 1.82) is 0 Å². The number of aromatic nitrogens is 1. The van der Waals surface area contributed by atoms with Crippen LogP contribution < -0.4 is 9.60 Å². The molecule has 0 bridgehead atoms. The Morgan fingerprint density at radius 1 is 0.903 bits per heavy atom. The number of sulfonamides is 1. The van der Waals surface area contributed by atoms with Crippen molar-refractivity contribution < 1.29 is 8.42 Å². The summed E-state index contributed by atoms with van der Waals surface area (Å²) >= 11 is 1.07. The minimum atomic E-state index is -3.84. The summed E-state index contributed by atoms with van der Waals surface area (Å²) in [6.07, 6.45) is 0. The summed E-state index contributed by atoms with van der Waals surface area (Å²) in [5.74, 6) is 0. The molecule has 1 atom stereocenters. The lowest BCUT2D eigenvalue weighted by molar-refractivity contribution is 0.572. The van der Waals surface area contributed by atoms with Crippen LogP contribution in [0.3, 0.4) is 0 Å². The molecule has 4 aromatic rings. The molecule has 3 aromatic carbocycles. The fraction of sp³-hybridized carbons (Fsp3) is 0.208. The zero-order valence-electron chi connectivity index (χ0n) is 17.6. The number of rotatable bonds is 6. The summed E-state index contributed by atoms with van der Waals surface area (Å²) in [5.41, 5.74) is 3.53. The van der Waals surface area contributed by atoms with Gasteiger partial charge in [0.1, 0.15) is 0 Å². The normalized spacial score (nSPS) is 13.0. The number of nitrogens with one attached hydrogen (secondary N) is 1. The number of thiazole rings is 1. The summed E-state index contributed by atoms with van der Waals surface area (Å²) in [6, 6.07) is 21.7. The molecule has 0 aliphatic heterocycles. The van der Waals surface area contributed by atoms with Crippen LogP contribution in [0.25, 0.3) is 10.2 Å². The van der Waals surface area contributed by atoms with Gasteiger partial charge in [-0.15, -0.1) is 0 Å². The molecule has 0 unspecified atom stereocenters. The van der Waals surface area contributed by atoms with Gasteiger partial charge in [0.25, 0.3) is 0 Å². The molecule has 7 heteroatoms. The van der Waals surface area contributed by atoms with Gasteiger partial charge >= 0.3 is 4.87 Å². The highest BCUT2D eigenvalue weighted by molar-refractivity contribution is 7.89. The molecule has 1 aromatic heterocycles. The Bertz CT molecular complexity index is 1390. The van der Waals surface area contributed by atoms with Gasteiger partial charge in [-0.1, -0.05) is 71.5 Å². The van der Waals surface area contributed by atoms with Gasteiger partial charge in [-0.25, -0.2) is 8.42 Å². The van der Waals surface area contributed by atoms with E-state index in [1.165, 1.54) is 0 Å². The van der Waals surface area contributed by atoms with Gasteiger partial charge in [-0.05, 0) is 50.1 Å². The first kappa shape index (κ1) is 21.5. The zero-order valence-corrected chi connectivity index (χ0v) is 19.2. The molecule has 4 rings (SSSR count). The van der Waals surface area contributed by atoms with Crippen molar-refractivity contribution in [3.8, 4) is 0 Å². The van der Waals surface area contributed by atoms with Crippen molar-refractivity contribution in [2.24, 2.45) is 0 Å². The zero-order chi connectivity index (χ0) is 22.2. The Balaban J connectivity index is 1.77. The van der Waals surface area contributed by atoms with E-state index >= 15 is 0 Å². The van der Waals surface area contributed by atoms with Crippen molar-refractivity contribution in [3.63, 3.8) is 0 Å². The monoisotopic (exact) mass is 452 g/mol. The number of aryl methyl sites for hydroxylation is 1. The van der Waals surface area contributed by atoms with Crippen LogP contribution in [0.4, 0.5) is 0 Å². The van der Waals surface area contributed by atoms with Crippen LogP contribution in [0.5, 0.6) is 0 Å². The highest BCUT2D eigenvalue weighted by Gasteiger charge is 2.24. The number of fused-ring (bicyclic) bond motifs is 1. The molecule has 0 aliphatic carbocycles. The van der Waals surface area contributed by atoms with E-state index in [0.29, 0.717) is 4.70 Å². The number of nitrogens with zero attached hydrogens (tertiary/aromatic N) is 1. The van der Waals surface area contributed by atoms with Crippen LogP contribution >= 0.6 is 11.3 Å². The van der Waals surface area contributed by atoms with Crippen molar-refractivity contribution in [2.45, 2.75) is 37.8 Å². The maximum absolute atomic E-state index is 13.4. The summed E-state index contributed by atoms with van der Waals surface area (Å²) in [4.78, 5) is 12.4. The van der Waals surface area contributed by atoms with Crippen LogP contribution in [0.2, 0.25) is 0 Å². The van der Waals surface area contributed by atoms with Crippen molar-refractivity contribution >= 4 is 31.6 Å². The first-order chi connectivity index (χ1) is 14.8. The predicted molar refractivity (Wildman–Crippen MR) is 126 cm³/mol. The third kappa shape index (κ3) is 4.35. The maximum atomic E-state index is 13.4. The fourth-order valence-corrected chi connectivity index (χ4v) is 6.09. The molecular formula is C24H24N2O3S2. The number of hydrogen-bond donors (Lipinski definition) is 1. The number of hydrogen-bond acceptors (Lipinski definition) is 4. The predicted octanol–water partition coefficient (Wildman–Crippen LogP) is 5.02. The van der Waals surface area contributed by atoms with Crippen LogP contribution in [0.15, 0.2) is 82.5 Å². The van der Waals surface area contributed by atoms with E-state index in [4.69, 9.17) is 0 Å². The first-order valence-corrected chi connectivity index (χ1v) is 12.3. The molecule has 0 amide bonds. The molecule has 0 fully saturated rings. The van der Waals surface area contributed by atoms with Crippen LogP contribution in [0.1, 0.15) is 42.6 Å². The second-order valence-corrected chi connectivity index (χ2v) is 10.5. The molecule has 31 heavy (non-hydrogen) atoms. The molecular weight excluding hydrogens is 428 g/mol. The minimum Gasteiger partial charge on any atom is -0.296 e. The Hall–Kier alpha value is -2.74. The molecule has 1 heterocycles. The second-order valence-electron chi connectivity index (χ2n) is 7.84. The average molecular weight is 453 g/mol. The third-order valence-corrected chi connectivity index (χ3v) is 7.53. The molecule has 0 saturated heterocycles. The quantitative estimate of drug-likeness (QED) is 0.447. The second kappa shape index (κ2) is 8.42. The third-order valence-electron chi connectivity index (χ3n) is 5.19. The first-order valence-electron chi connectivity index (χ1n) is 10.1. The van der Waals surface area contributed by atoms with Crippen molar-refractivity contribution in [1.82, 2.24) is 9.29 Å². The van der Waals surface area contributed by atoms with Gasteiger partial charge in [-0.3, -0.25) is 9.36 Å². The Morgan fingerprint density at radius 3 is 2.29 bits per heavy atom. The highest BCUT2D eigenvalue weighted by Crippen LogP contribution is 2.28. The molecule has 160 valence electrons. The smallest absolute Gasteiger partial charge is 0.296 e. The largest absolute Gasteiger partial charge is 0.308 e. The van der Waals surface area contributed by atoms with Gasteiger partial charge in [0.15, 0.2) is 0 Å². The molecule has 0 spiro atoms. The molecule has 5 nitrogen and oxygen atoms in total. The Morgan fingerprint density at radius 2 is 1.61 bits per heavy atom. The Kier molecular flexibility index (Phi) is 5.83. The molecule has 0 radical (unpaired) electrons. The van der Waals surface area contributed by atoms with E-state index < -0.39 is 16.1 Å². The summed E-state index contributed by atoms with van der Waals surface area (Å²) < 4.78 is 31.9. The van der Waals surface area contributed by atoms with Gasteiger partial charge in [0.05, 0.1) is 21.2 Å². The summed E-state index contributed by atoms with van der Waals surface area (Å²) in [7, 11) is -3.84. The minimum absolute atomic E-state index is 0.00520. The van der Waals surface area contributed by atoms with E-state index in [-0.39, 0.29) is 15.8 Å². The van der Waals surface area contributed by atoms with Crippen molar-refractivity contribution in [2.75, 3.05) is 0 Å². The lowest BCUT2D eigenvalue weighted by Crippen LogP contribution is -2.29. The van der Waals surface area contributed by atoms with E-state index in [2.05, 4.69) is 4.72 Å². The van der Waals surface area contributed by atoms with Gasteiger partial charge in [0.2, 0.25) is 10.0 Å². The summed E-state index contributed by atoms with van der Waals surface area (Å²) in [6.45, 7) is 5.85. The van der Waals surface area contributed by atoms with E-state index in [1.54, 1.807) is 22.8 Å². The molecule has 0 saturated carbocycles. The van der Waals surface area contributed by atoms with Gasteiger partial charge in [-0.2, -0.15) is 4.72 Å². The fourth-order valence-electron chi connectivity index (χ4n) is 3.72. The standard InChI is InChI=1S/C24H24N2O3S2/c1-16(2)26-21-13-12-20(15-22(21)30-24(26)27)31(28,29)25-23(18-9-5-4-6-10-18)19-11-7-8-17(3)14-19/h4-16,23,25H,1-3H3/t23-/m1/s1. The Labute approximate surface area is 186 Å². The van der Waals surface area contributed by atoms with Gasteiger partial charge < -0.3 is 0 Å². The van der Waals surface area contributed by atoms with E-state index in [0.717, 1.165) is 33.5 Å². The molecule has 0 aliphatic rings. The van der Waals surface area contributed by atoms with E-state index in [9.17, 15) is 13.2 Å². The lowest BCUT2D eigenvalue weighted by atomic mass is 9.98. The lowest BCUT2D eigenvalue weighted by Gasteiger charge is -2.20. The highest BCUT2D eigenvalue weighted by atomic mass is 32.2. The van der Waals surface area contributed by atoms with Crippen LogP contribution in [0, 0.1) is 6.92 Å². The average Bonchev–Trinajstić information content (AvgIpc) is 3.07. The van der Waals surface area contributed by atoms with E-state index in [1.807, 2.05) is 75.4 Å². The van der Waals surface area contributed by atoms with Gasteiger partial charge in [0, 0.05) is 6.04 Å². The van der Waals surface area contributed by atoms with Crippen LogP contribution in [-0.4, -0.2) is 13.0 Å².